The van der Waals surface area contributed by atoms with Crippen molar-refractivity contribution in [1.82, 2.24) is 20.4 Å². The Bertz CT molecular complexity index is 564. The van der Waals surface area contributed by atoms with E-state index in [1.54, 1.807) is 0 Å². The van der Waals surface area contributed by atoms with Gasteiger partial charge in [0.1, 0.15) is 0 Å². The predicted molar refractivity (Wildman–Crippen MR) is 71.4 cm³/mol. The number of nitrogens with one attached hydrogen (secondary N) is 1. The second-order valence-electron chi connectivity index (χ2n) is 5.19. The lowest BCUT2D eigenvalue weighted by atomic mass is 9.96. The van der Waals surface area contributed by atoms with E-state index in [0.717, 1.165) is 18.8 Å². The van der Waals surface area contributed by atoms with Gasteiger partial charge in [0.2, 0.25) is 5.89 Å². The zero-order valence-corrected chi connectivity index (χ0v) is 11.3. The van der Waals surface area contributed by atoms with Gasteiger partial charge in [0.15, 0.2) is 5.82 Å². The van der Waals surface area contributed by atoms with Crippen molar-refractivity contribution in [2.75, 3.05) is 14.1 Å². The third-order valence-corrected chi connectivity index (χ3v) is 3.32. The molecule has 0 aliphatic carbocycles. The van der Waals surface area contributed by atoms with Crippen LogP contribution in [0.5, 0.6) is 0 Å². The number of rotatable bonds is 3. The zero-order chi connectivity index (χ0) is 13.2. The van der Waals surface area contributed by atoms with Crippen LogP contribution >= 0.6 is 0 Å². The van der Waals surface area contributed by atoms with Crippen molar-refractivity contribution >= 4 is 0 Å². The van der Waals surface area contributed by atoms with Gasteiger partial charge in [-0.3, -0.25) is 0 Å². The van der Waals surface area contributed by atoms with Gasteiger partial charge in [0, 0.05) is 6.54 Å². The average Bonchev–Trinajstić information content (AvgIpc) is 2.86. The molecule has 100 valence electrons. The first kappa shape index (κ1) is 12.3. The van der Waals surface area contributed by atoms with Crippen molar-refractivity contribution in [2.45, 2.75) is 25.6 Å². The lowest BCUT2D eigenvalue weighted by Crippen LogP contribution is -2.28. The summed E-state index contributed by atoms with van der Waals surface area (Å²) in [6, 6.07) is 8.60. The van der Waals surface area contributed by atoms with Gasteiger partial charge < -0.3 is 14.7 Å². The van der Waals surface area contributed by atoms with E-state index in [1.807, 2.05) is 19.0 Å². The molecule has 1 aromatic heterocycles. The van der Waals surface area contributed by atoms with Crippen LogP contribution in [0.2, 0.25) is 0 Å². The van der Waals surface area contributed by atoms with E-state index in [1.165, 1.54) is 11.1 Å². The molecule has 1 N–H and O–H groups in total. The zero-order valence-electron chi connectivity index (χ0n) is 11.3. The summed E-state index contributed by atoms with van der Waals surface area (Å²) in [5.41, 5.74) is 2.71. The van der Waals surface area contributed by atoms with Gasteiger partial charge in [0.25, 0.3) is 0 Å². The van der Waals surface area contributed by atoms with Gasteiger partial charge in [-0.1, -0.05) is 29.4 Å². The van der Waals surface area contributed by atoms with E-state index in [0.29, 0.717) is 12.4 Å². The molecule has 1 aromatic carbocycles. The first-order valence-electron chi connectivity index (χ1n) is 6.50. The summed E-state index contributed by atoms with van der Waals surface area (Å²) in [7, 11) is 3.98. The summed E-state index contributed by atoms with van der Waals surface area (Å²) in [5.74, 6) is 1.42. The Morgan fingerprint density at radius 3 is 2.89 bits per heavy atom. The van der Waals surface area contributed by atoms with E-state index in [2.05, 4.69) is 39.7 Å². The molecule has 0 fully saturated rings. The van der Waals surface area contributed by atoms with Crippen molar-refractivity contribution in [3.8, 4) is 0 Å². The fraction of sp³-hybridized carbons (Fsp3) is 0.429. The highest BCUT2D eigenvalue weighted by atomic mass is 16.5. The van der Waals surface area contributed by atoms with E-state index in [9.17, 15) is 0 Å². The van der Waals surface area contributed by atoms with Crippen LogP contribution in [0.4, 0.5) is 0 Å². The Morgan fingerprint density at radius 2 is 2.11 bits per heavy atom. The maximum Gasteiger partial charge on any atom is 0.244 e. The minimum Gasteiger partial charge on any atom is -0.338 e. The highest BCUT2D eigenvalue weighted by Gasteiger charge is 2.24. The Morgan fingerprint density at radius 1 is 1.32 bits per heavy atom. The number of hydrogen-bond acceptors (Lipinski definition) is 5. The fourth-order valence-corrected chi connectivity index (χ4v) is 2.39. The monoisotopic (exact) mass is 258 g/mol. The Hall–Kier alpha value is -1.72. The van der Waals surface area contributed by atoms with Crippen LogP contribution in [0.25, 0.3) is 0 Å². The van der Waals surface area contributed by atoms with Crippen molar-refractivity contribution in [2.24, 2.45) is 0 Å². The lowest BCUT2D eigenvalue weighted by Gasteiger charge is -2.23. The number of aromatic nitrogens is 2. The Labute approximate surface area is 112 Å². The first-order chi connectivity index (χ1) is 9.22. The second kappa shape index (κ2) is 5.11. The molecular formula is C14H18N4O. The van der Waals surface area contributed by atoms with Gasteiger partial charge in [-0.05, 0) is 31.6 Å². The third-order valence-electron chi connectivity index (χ3n) is 3.32. The number of fused-ring (bicyclic) bond motifs is 1. The molecule has 1 aliphatic rings. The molecule has 5 heteroatoms. The summed E-state index contributed by atoms with van der Waals surface area (Å²) < 4.78 is 5.37. The van der Waals surface area contributed by atoms with E-state index in [4.69, 9.17) is 4.52 Å². The van der Waals surface area contributed by atoms with Crippen LogP contribution < -0.4 is 5.32 Å². The molecule has 0 radical (unpaired) electrons. The first-order valence-corrected chi connectivity index (χ1v) is 6.50. The molecule has 0 bridgehead atoms. The van der Waals surface area contributed by atoms with Gasteiger partial charge in [-0.15, -0.1) is 0 Å². The van der Waals surface area contributed by atoms with Crippen molar-refractivity contribution in [3.63, 3.8) is 0 Å². The Kier molecular flexibility index (Phi) is 3.31. The second-order valence-corrected chi connectivity index (χ2v) is 5.19. The number of nitrogens with zero attached hydrogens (tertiary/aromatic N) is 3. The van der Waals surface area contributed by atoms with Crippen molar-refractivity contribution in [1.29, 1.82) is 0 Å². The smallest absolute Gasteiger partial charge is 0.244 e. The maximum atomic E-state index is 5.37. The minimum absolute atomic E-state index is 0.123. The van der Waals surface area contributed by atoms with Crippen LogP contribution in [-0.4, -0.2) is 29.1 Å². The summed E-state index contributed by atoms with van der Waals surface area (Å²) >= 11 is 0. The molecular weight excluding hydrogens is 240 g/mol. The molecule has 0 saturated heterocycles. The highest BCUT2D eigenvalue weighted by molar-refractivity contribution is 5.30. The van der Waals surface area contributed by atoms with E-state index >= 15 is 0 Å². The van der Waals surface area contributed by atoms with Gasteiger partial charge in [-0.2, -0.15) is 4.98 Å². The summed E-state index contributed by atoms with van der Waals surface area (Å²) in [6.07, 6.45) is 0.903. The summed E-state index contributed by atoms with van der Waals surface area (Å²) in [6.45, 7) is 1.55. The van der Waals surface area contributed by atoms with Gasteiger partial charge in [-0.25, -0.2) is 0 Å². The standard InChI is InChI=1S/C14H18N4O/c1-18(2)9-13-16-14(19-17-13)12-7-10-5-3-4-6-11(10)8-15-12/h3-6,12,15H,7-9H2,1-2H3/t12-/m1/s1. The maximum absolute atomic E-state index is 5.37. The van der Waals surface area contributed by atoms with E-state index < -0.39 is 0 Å². The molecule has 3 rings (SSSR count). The van der Waals surface area contributed by atoms with Gasteiger partial charge >= 0.3 is 0 Å². The minimum atomic E-state index is 0.123. The molecule has 5 nitrogen and oxygen atoms in total. The number of hydrogen-bond donors (Lipinski definition) is 1. The molecule has 0 unspecified atom stereocenters. The molecule has 0 saturated carbocycles. The molecule has 1 aliphatic heterocycles. The van der Waals surface area contributed by atoms with Crippen LogP contribution in [0.1, 0.15) is 28.9 Å². The predicted octanol–water partition coefficient (Wildman–Crippen LogP) is 1.52. The molecule has 2 heterocycles. The average molecular weight is 258 g/mol. The van der Waals surface area contributed by atoms with Crippen LogP contribution in [0, 0.1) is 0 Å². The van der Waals surface area contributed by atoms with Crippen LogP contribution in [0.3, 0.4) is 0 Å². The molecule has 1 atom stereocenters. The number of benzene rings is 1. The van der Waals surface area contributed by atoms with Gasteiger partial charge in [0.05, 0.1) is 12.6 Å². The molecule has 2 aromatic rings. The normalized spacial score (nSPS) is 18.6. The Balaban J connectivity index is 1.76. The SMILES string of the molecule is CN(C)Cc1noc([C@H]2Cc3ccccc3CN2)n1. The van der Waals surface area contributed by atoms with Crippen LogP contribution in [0.15, 0.2) is 28.8 Å². The highest BCUT2D eigenvalue weighted by Crippen LogP contribution is 2.24. The molecule has 0 spiro atoms. The lowest BCUT2D eigenvalue weighted by molar-refractivity contribution is 0.313. The molecule has 0 amide bonds. The summed E-state index contributed by atoms with van der Waals surface area (Å²) in [5, 5.41) is 7.47. The van der Waals surface area contributed by atoms with Crippen LogP contribution in [-0.2, 0) is 19.5 Å². The third kappa shape index (κ3) is 2.67. The quantitative estimate of drug-likeness (QED) is 0.904. The fourth-order valence-electron chi connectivity index (χ4n) is 2.39. The molecule has 19 heavy (non-hydrogen) atoms. The largest absolute Gasteiger partial charge is 0.338 e. The van der Waals surface area contributed by atoms with E-state index in [-0.39, 0.29) is 6.04 Å². The topological polar surface area (TPSA) is 54.2 Å². The van der Waals surface area contributed by atoms with Crippen molar-refractivity contribution in [3.05, 3.63) is 47.1 Å². The van der Waals surface area contributed by atoms with Crippen molar-refractivity contribution < 1.29 is 4.52 Å². The summed E-state index contributed by atoms with van der Waals surface area (Å²) in [4.78, 5) is 6.49.